The average molecular weight is 251 g/mol. The summed E-state index contributed by atoms with van der Waals surface area (Å²) in [5.41, 5.74) is 2.47. The van der Waals surface area contributed by atoms with Crippen molar-refractivity contribution >= 4 is 17.7 Å². The number of carbonyl (C=O) groups is 1. The van der Waals surface area contributed by atoms with E-state index in [-0.39, 0.29) is 10.6 Å². The lowest BCUT2D eigenvalue weighted by Gasteiger charge is -2.12. The molecule has 2 N–H and O–H groups in total. The summed E-state index contributed by atoms with van der Waals surface area (Å²) >= 11 is 1.48. The van der Waals surface area contributed by atoms with Crippen LogP contribution >= 0.6 is 11.8 Å². The quantitative estimate of drug-likeness (QED) is 0.867. The maximum absolute atomic E-state index is 10.9. The van der Waals surface area contributed by atoms with Crippen molar-refractivity contribution < 1.29 is 9.90 Å². The number of rotatable bonds is 3. The summed E-state index contributed by atoms with van der Waals surface area (Å²) in [4.78, 5) is 10.9. The Morgan fingerprint density at radius 1 is 1.41 bits per heavy atom. The molecular weight excluding hydrogens is 234 g/mol. The van der Waals surface area contributed by atoms with E-state index in [9.17, 15) is 4.79 Å². The van der Waals surface area contributed by atoms with Crippen LogP contribution in [0, 0.1) is 0 Å². The minimum atomic E-state index is -0.733. The Bertz CT molecular complexity index is 402. The highest BCUT2D eigenvalue weighted by Crippen LogP contribution is 2.35. The molecular formula is C13H17NO2S. The van der Waals surface area contributed by atoms with Gasteiger partial charge in [0, 0.05) is 6.54 Å². The minimum absolute atomic E-state index is 0.109. The van der Waals surface area contributed by atoms with Crippen LogP contribution < -0.4 is 5.32 Å². The van der Waals surface area contributed by atoms with E-state index in [4.69, 9.17) is 5.11 Å². The van der Waals surface area contributed by atoms with Crippen LogP contribution in [-0.4, -0.2) is 22.9 Å². The lowest BCUT2D eigenvalue weighted by atomic mass is 10.0. The SMILES string of the molecule is CC(C)c1ccc([C@@H]2NC[C@H](C(=O)O)S2)cc1. The molecule has 1 aliphatic rings. The zero-order chi connectivity index (χ0) is 12.4. The van der Waals surface area contributed by atoms with Crippen molar-refractivity contribution in [1.29, 1.82) is 0 Å². The number of nitrogens with one attached hydrogen (secondary N) is 1. The smallest absolute Gasteiger partial charge is 0.318 e. The summed E-state index contributed by atoms with van der Waals surface area (Å²) in [6.07, 6.45) is 0. The van der Waals surface area contributed by atoms with Gasteiger partial charge in [0.25, 0.3) is 0 Å². The van der Waals surface area contributed by atoms with Crippen molar-refractivity contribution in [2.75, 3.05) is 6.54 Å². The molecule has 0 radical (unpaired) electrons. The molecule has 2 rings (SSSR count). The fraction of sp³-hybridized carbons (Fsp3) is 0.462. The van der Waals surface area contributed by atoms with E-state index in [0.717, 1.165) is 5.56 Å². The predicted molar refractivity (Wildman–Crippen MR) is 70.3 cm³/mol. The number of carboxylic acid groups (broad SMARTS) is 1. The summed E-state index contributed by atoms with van der Waals surface area (Å²) in [6, 6.07) is 8.42. The van der Waals surface area contributed by atoms with Crippen LogP contribution in [-0.2, 0) is 4.79 Å². The van der Waals surface area contributed by atoms with Crippen LogP contribution in [0.3, 0.4) is 0 Å². The number of hydrogen-bond acceptors (Lipinski definition) is 3. The Morgan fingerprint density at radius 3 is 2.53 bits per heavy atom. The van der Waals surface area contributed by atoms with E-state index >= 15 is 0 Å². The molecule has 0 bridgehead atoms. The molecule has 0 aromatic heterocycles. The molecule has 2 atom stereocenters. The second-order valence-corrected chi connectivity index (χ2v) is 5.89. The van der Waals surface area contributed by atoms with Crippen molar-refractivity contribution in [1.82, 2.24) is 5.32 Å². The van der Waals surface area contributed by atoms with Crippen LogP contribution in [0.25, 0.3) is 0 Å². The predicted octanol–water partition coefficient (Wildman–Crippen LogP) is 2.60. The minimum Gasteiger partial charge on any atom is -0.480 e. The standard InChI is InChI=1S/C13H17NO2S/c1-8(2)9-3-5-10(6-4-9)12-14-7-11(17-12)13(15)16/h3-6,8,11-12,14H,7H2,1-2H3,(H,15,16)/t11-,12-/m1/s1. The third kappa shape index (κ3) is 2.82. The summed E-state index contributed by atoms with van der Waals surface area (Å²) in [5.74, 6) is -0.205. The van der Waals surface area contributed by atoms with Crippen molar-refractivity contribution in [2.45, 2.75) is 30.4 Å². The van der Waals surface area contributed by atoms with Gasteiger partial charge in [-0.3, -0.25) is 10.1 Å². The monoisotopic (exact) mass is 251 g/mol. The summed E-state index contributed by atoms with van der Waals surface area (Å²) in [7, 11) is 0. The highest BCUT2D eigenvalue weighted by Gasteiger charge is 2.30. The van der Waals surface area contributed by atoms with Gasteiger partial charge in [-0.2, -0.15) is 0 Å². The fourth-order valence-corrected chi connectivity index (χ4v) is 3.02. The third-order valence-electron chi connectivity index (χ3n) is 2.97. The number of aliphatic carboxylic acids is 1. The van der Waals surface area contributed by atoms with Crippen LogP contribution in [0.1, 0.15) is 36.3 Å². The topological polar surface area (TPSA) is 49.3 Å². The Labute approximate surface area is 106 Å². The lowest BCUT2D eigenvalue weighted by molar-refractivity contribution is -0.136. The molecule has 0 amide bonds. The molecule has 1 aromatic rings. The zero-order valence-electron chi connectivity index (χ0n) is 10.0. The van der Waals surface area contributed by atoms with Crippen LogP contribution in [0.15, 0.2) is 24.3 Å². The van der Waals surface area contributed by atoms with Gasteiger partial charge in [0.15, 0.2) is 0 Å². The Morgan fingerprint density at radius 2 is 2.06 bits per heavy atom. The maximum Gasteiger partial charge on any atom is 0.318 e. The first-order chi connectivity index (χ1) is 8.08. The van der Waals surface area contributed by atoms with Crippen LogP contribution in [0.2, 0.25) is 0 Å². The molecule has 1 aliphatic heterocycles. The van der Waals surface area contributed by atoms with Gasteiger partial charge in [-0.1, -0.05) is 38.1 Å². The molecule has 0 aliphatic carbocycles. The Kier molecular flexibility index (Phi) is 3.74. The van der Waals surface area contributed by atoms with Gasteiger partial charge in [0.1, 0.15) is 5.25 Å². The molecule has 1 aromatic carbocycles. The number of hydrogen-bond donors (Lipinski definition) is 2. The average Bonchev–Trinajstić information content (AvgIpc) is 2.78. The van der Waals surface area contributed by atoms with Crippen molar-refractivity contribution in [3.8, 4) is 0 Å². The fourth-order valence-electron chi connectivity index (χ4n) is 1.87. The van der Waals surface area contributed by atoms with Crippen molar-refractivity contribution in [3.63, 3.8) is 0 Å². The second kappa shape index (κ2) is 5.10. The van der Waals surface area contributed by atoms with E-state index in [1.54, 1.807) is 0 Å². The zero-order valence-corrected chi connectivity index (χ0v) is 10.8. The van der Waals surface area contributed by atoms with Gasteiger partial charge in [0.2, 0.25) is 0 Å². The van der Waals surface area contributed by atoms with E-state index in [1.165, 1.54) is 17.3 Å². The van der Waals surface area contributed by atoms with Crippen LogP contribution in [0.4, 0.5) is 0 Å². The summed E-state index contributed by atoms with van der Waals surface area (Å²) in [5, 5.41) is 11.9. The van der Waals surface area contributed by atoms with Gasteiger partial charge in [0.05, 0.1) is 5.37 Å². The first kappa shape index (κ1) is 12.5. The molecule has 0 unspecified atom stereocenters. The highest BCUT2D eigenvalue weighted by molar-refractivity contribution is 8.01. The number of benzene rings is 1. The van der Waals surface area contributed by atoms with E-state index < -0.39 is 5.97 Å². The molecule has 3 nitrogen and oxygen atoms in total. The highest BCUT2D eigenvalue weighted by atomic mass is 32.2. The summed E-state index contributed by atoms with van der Waals surface area (Å²) < 4.78 is 0. The van der Waals surface area contributed by atoms with E-state index in [2.05, 4.69) is 43.4 Å². The van der Waals surface area contributed by atoms with Crippen LogP contribution in [0.5, 0.6) is 0 Å². The number of thioether (sulfide) groups is 1. The molecule has 92 valence electrons. The van der Waals surface area contributed by atoms with Crippen molar-refractivity contribution in [2.24, 2.45) is 0 Å². The first-order valence-electron chi connectivity index (χ1n) is 5.79. The first-order valence-corrected chi connectivity index (χ1v) is 6.73. The molecule has 0 spiro atoms. The normalized spacial score (nSPS) is 24.2. The molecule has 0 saturated carbocycles. The molecule has 1 fully saturated rings. The van der Waals surface area contributed by atoms with Gasteiger partial charge < -0.3 is 5.11 Å². The molecule has 17 heavy (non-hydrogen) atoms. The second-order valence-electron chi connectivity index (χ2n) is 4.57. The maximum atomic E-state index is 10.9. The largest absolute Gasteiger partial charge is 0.480 e. The van der Waals surface area contributed by atoms with E-state index in [1.807, 2.05) is 0 Å². The molecule has 1 saturated heterocycles. The number of carboxylic acids is 1. The molecule has 1 heterocycles. The van der Waals surface area contributed by atoms with Gasteiger partial charge in [-0.15, -0.1) is 11.8 Å². The third-order valence-corrected chi connectivity index (χ3v) is 4.38. The van der Waals surface area contributed by atoms with Crippen molar-refractivity contribution in [3.05, 3.63) is 35.4 Å². The van der Waals surface area contributed by atoms with E-state index in [0.29, 0.717) is 12.5 Å². The Hall–Kier alpha value is -1.00. The summed E-state index contributed by atoms with van der Waals surface area (Å²) in [6.45, 7) is 4.87. The Balaban J connectivity index is 2.06. The molecule has 4 heteroatoms. The van der Waals surface area contributed by atoms with Gasteiger partial charge >= 0.3 is 5.97 Å². The van der Waals surface area contributed by atoms with Gasteiger partial charge in [-0.05, 0) is 17.0 Å². The van der Waals surface area contributed by atoms with Gasteiger partial charge in [-0.25, -0.2) is 0 Å². The lowest BCUT2D eigenvalue weighted by Crippen LogP contribution is -2.21.